The summed E-state index contributed by atoms with van der Waals surface area (Å²) in [5.41, 5.74) is 5.41. The van der Waals surface area contributed by atoms with E-state index in [2.05, 4.69) is 0 Å². The molecule has 1 aromatic rings. The summed E-state index contributed by atoms with van der Waals surface area (Å²) >= 11 is 12.8. The molecule has 5 nitrogen and oxygen atoms in total. The molecular formula is C12H18Cl2N2O3S2. The first-order chi connectivity index (χ1) is 9.95. The van der Waals surface area contributed by atoms with Crippen molar-refractivity contribution in [2.45, 2.75) is 30.3 Å². The minimum atomic E-state index is -3.57. The minimum absolute atomic E-state index is 0.0988. The van der Waals surface area contributed by atoms with Crippen LogP contribution < -0.4 is 5.73 Å². The lowest BCUT2D eigenvalue weighted by Crippen LogP contribution is -2.40. The van der Waals surface area contributed by atoms with E-state index in [1.54, 1.807) is 0 Å². The summed E-state index contributed by atoms with van der Waals surface area (Å²) < 4.78 is 32.7. The molecule has 9 heteroatoms. The predicted octanol–water partition coefficient (Wildman–Crippen LogP) is 2.57. The van der Waals surface area contributed by atoms with E-state index in [9.17, 15) is 8.42 Å². The van der Waals surface area contributed by atoms with E-state index in [1.807, 2.05) is 0 Å². The Morgan fingerprint density at radius 3 is 2.57 bits per heavy atom. The quantitative estimate of drug-likeness (QED) is 0.778. The van der Waals surface area contributed by atoms with Crippen LogP contribution in [0.1, 0.15) is 19.3 Å². The van der Waals surface area contributed by atoms with Gasteiger partial charge in [0.25, 0.3) is 0 Å². The van der Waals surface area contributed by atoms with Crippen molar-refractivity contribution in [3.63, 3.8) is 0 Å². The van der Waals surface area contributed by atoms with Crippen molar-refractivity contribution >= 4 is 44.6 Å². The highest BCUT2D eigenvalue weighted by Gasteiger charge is 2.32. The SMILES string of the molecule is NCCCOC1CCN(S(=O)(=O)c2cc(Cl)sc2Cl)CC1. The molecule has 0 aliphatic carbocycles. The number of nitrogens with two attached hydrogens (primary N) is 1. The van der Waals surface area contributed by atoms with E-state index in [0.717, 1.165) is 17.8 Å². The van der Waals surface area contributed by atoms with E-state index < -0.39 is 10.0 Å². The van der Waals surface area contributed by atoms with Crippen LogP contribution in [0.25, 0.3) is 0 Å². The molecule has 1 aliphatic heterocycles. The van der Waals surface area contributed by atoms with Gasteiger partial charge in [0.05, 0.1) is 10.4 Å². The number of halogens is 2. The van der Waals surface area contributed by atoms with Crippen molar-refractivity contribution in [2.24, 2.45) is 5.73 Å². The molecule has 2 heterocycles. The van der Waals surface area contributed by atoms with Gasteiger partial charge in [0, 0.05) is 19.7 Å². The molecule has 2 N–H and O–H groups in total. The lowest BCUT2D eigenvalue weighted by molar-refractivity contribution is 0.0209. The molecule has 0 unspecified atom stereocenters. The standard InChI is InChI=1S/C12H18Cl2N2O3S2/c13-11-8-10(12(14)20-11)21(17,18)16-5-2-9(3-6-16)19-7-1-4-15/h8-9H,1-7,15H2. The van der Waals surface area contributed by atoms with Gasteiger partial charge in [0.15, 0.2) is 0 Å². The largest absolute Gasteiger partial charge is 0.378 e. The molecule has 0 radical (unpaired) electrons. The summed E-state index contributed by atoms with van der Waals surface area (Å²) in [5.74, 6) is 0. The van der Waals surface area contributed by atoms with Crippen LogP contribution in [0.4, 0.5) is 0 Å². The van der Waals surface area contributed by atoms with E-state index >= 15 is 0 Å². The van der Waals surface area contributed by atoms with Crippen molar-refractivity contribution in [3.05, 3.63) is 14.7 Å². The van der Waals surface area contributed by atoms with Crippen molar-refractivity contribution in [3.8, 4) is 0 Å². The van der Waals surface area contributed by atoms with Gasteiger partial charge in [-0.05, 0) is 31.9 Å². The summed E-state index contributed by atoms with van der Waals surface area (Å²) in [5, 5.41) is 0. The molecule has 1 saturated heterocycles. The van der Waals surface area contributed by atoms with Gasteiger partial charge in [-0.15, -0.1) is 11.3 Å². The normalized spacial score (nSPS) is 18.2. The Labute approximate surface area is 139 Å². The lowest BCUT2D eigenvalue weighted by Gasteiger charge is -2.31. The Morgan fingerprint density at radius 1 is 1.38 bits per heavy atom. The molecule has 0 saturated carbocycles. The van der Waals surface area contributed by atoms with Crippen LogP contribution >= 0.6 is 34.5 Å². The average Bonchev–Trinajstić information content (AvgIpc) is 2.79. The smallest absolute Gasteiger partial charge is 0.245 e. The first-order valence-electron chi connectivity index (χ1n) is 6.72. The number of sulfonamides is 1. The topological polar surface area (TPSA) is 72.6 Å². The third kappa shape index (κ3) is 4.31. The van der Waals surface area contributed by atoms with Gasteiger partial charge in [0.2, 0.25) is 10.0 Å². The molecular weight excluding hydrogens is 355 g/mol. The van der Waals surface area contributed by atoms with Crippen molar-refractivity contribution < 1.29 is 13.2 Å². The van der Waals surface area contributed by atoms with E-state index in [0.29, 0.717) is 43.4 Å². The van der Waals surface area contributed by atoms with E-state index in [-0.39, 0.29) is 15.3 Å². The maximum absolute atomic E-state index is 12.5. The van der Waals surface area contributed by atoms with E-state index in [1.165, 1.54) is 10.4 Å². The average molecular weight is 373 g/mol. The van der Waals surface area contributed by atoms with Crippen LogP contribution in [0, 0.1) is 0 Å². The fraction of sp³-hybridized carbons (Fsp3) is 0.667. The maximum Gasteiger partial charge on any atom is 0.245 e. The third-order valence-corrected chi connectivity index (χ3v) is 7.00. The molecule has 0 spiro atoms. The monoisotopic (exact) mass is 372 g/mol. The van der Waals surface area contributed by atoms with Crippen LogP contribution in [-0.2, 0) is 14.8 Å². The number of thiophene rings is 1. The number of nitrogens with zero attached hydrogens (tertiary/aromatic N) is 1. The first kappa shape index (κ1) is 17.5. The highest BCUT2D eigenvalue weighted by Crippen LogP contribution is 2.36. The number of ether oxygens (including phenoxy) is 1. The molecule has 1 fully saturated rings. The second kappa shape index (κ2) is 7.59. The summed E-state index contributed by atoms with van der Waals surface area (Å²) in [4.78, 5) is 0.0988. The molecule has 0 bridgehead atoms. The van der Waals surface area contributed by atoms with Crippen LogP contribution in [0.5, 0.6) is 0 Å². The fourth-order valence-electron chi connectivity index (χ4n) is 2.21. The summed E-state index contributed by atoms with van der Waals surface area (Å²) in [7, 11) is -3.57. The summed E-state index contributed by atoms with van der Waals surface area (Å²) in [6.45, 7) is 2.09. The van der Waals surface area contributed by atoms with E-state index in [4.69, 9.17) is 33.7 Å². The van der Waals surface area contributed by atoms with Gasteiger partial charge >= 0.3 is 0 Å². The van der Waals surface area contributed by atoms with Gasteiger partial charge in [-0.25, -0.2) is 8.42 Å². The maximum atomic E-state index is 12.5. The number of rotatable bonds is 6. The fourth-order valence-corrected chi connectivity index (χ4v) is 5.80. The predicted molar refractivity (Wildman–Crippen MR) is 85.7 cm³/mol. The molecule has 120 valence electrons. The Bertz CT molecular complexity index is 569. The Morgan fingerprint density at radius 2 is 2.05 bits per heavy atom. The van der Waals surface area contributed by atoms with Crippen LogP contribution in [0.15, 0.2) is 11.0 Å². The zero-order chi connectivity index (χ0) is 15.5. The second-order valence-electron chi connectivity index (χ2n) is 4.80. The molecule has 21 heavy (non-hydrogen) atoms. The van der Waals surface area contributed by atoms with Crippen molar-refractivity contribution in [1.29, 1.82) is 0 Å². The molecule has 0 atom stereocenters. The molecule has 1 aromatic heterocycles. The van der Waals surface area contributed by atoms with Crippen LogP contribution in [0.2, 0.25) is 8.67 Å². The van der Waals surface area contributed by atoms with Crippen LogP contribution in [-0.4, -0.2) is 45.1 Å². The summed E-state index contributed by atoms with van der Waals surface area (Å²) in [6.07, 6.45) is 2.28. The van der Waals surface area contributed by atoms with Crippen LogP contribution in [0.3, 0.4) is 0 Å². The molecule has 1 aliphatic rings. The third-order valence-electron chi connectivity index (χ3n) is 3.35. The molecule has 2 rings (SSSR count). The van der Waals surface area contributed by atoms with Gasteiger partial charge in [-0.2, -0.15) is 4.31 Å². The summed E-state index contributed by atoms with van der Waals surface area (Å²) in [6, 6.07) is 1.41. The Kier molecular flexibility index (Phi) is 6.31. The number of hydrogen-bond donors (Lipinski definition) is 1. The van der Waals surface area contributed by atoms with Crippen molar-refractivity contribution in [1.82, 2.24) is 4.31 Å². The minimum Gasteiger partial charge on any atom is -0.378 e. The molecule has 0 amide bonds. The Balaban J connectivity index is 1.96. The lowest BCUT2D eigenvalue weighted by atomic mass is 10.1. The number of hydrogen-bond acceptors (Lipinski definition) is 5. The Hall–Kier alpha value is 0.110. The van der Waals surface area contributed by atoms with Gasteiger partial charge in [-0.1, -0.05) is 23.2 Å². The highest BCUT2D eigenvalue weighted by atomic mass is 35.5. The zero-order valence-corrected chi connectivity index (χ0v) is 14.6. The second-order valence-corrected chi connectivity index (χ2v) is 9.00. The van der Waals surface area contributed by atoms with Crippen molar-refractivity contribution in [2.75, 3.05) is 26.2 Å². The van der Waals surface area contributed by atoms with Gasteiger partial charge in [0.1, 0.15) is 9.23 Å². The number of piperidine rings is 1. The highest BCUT2D eigenvalue weighted by molar-refractivity contribution is 7.89. The zero-order valence-electron chi connectivity index (χ0n) is 11.4. The first-order valence-corrected chi connectivity index (χ1v) is 9.73. The molecule has 0 aromatic carbocycles. The van der Waals surface area contributed by atoms with Gasteiger partial charge in [-0.3, -0.25) is 0 Å². The van der Waals surface area contributed by atoms with Gasteiger partial charge < -0.3 is 10.5 Å².